The number of rotatable bonds is 13. The van der Waals surface area contributed by atoms with Crippen molar-refractivity contribution in [2.75, 3.05) is 69.1 Å². The Morgan fingerprint density at radius 3 is 2.41 bits per heavy atom. The predicted octanol–water partition coefficient (Wildman–Crippen LogP) is 5.08. The molecule has 1 atom stereocenters. The van der Waals surface area contributed by atoms with Crippen molar-refractivity contribution >= 4 is 51.9 Å². The van der Waals surface area contributed by atoms with Crippen molar-refractivity contribution in [2.24, 2.45) is 20.0 Å². The van der Waals surface area contributed by atoms with Crippen LogP contribution in [0.2, 0.25) is 0 Å². The molecule has 0 radical (unpaired) electrons. The third-order valence-corrected chi connectivity index (χ3v) is 15.0. The molecule has 69 heavy (non-hydrogen) atoms. The average molecular weight is 951 g/mol. The molecule has 5 aliphatic heterocycles. The number of benzene rings is 2. The van der Waals surface area contributed by atoms with Crippen LogP contribution in [0.5, 0.6) is 0 Å². The fraction of sp³-hybridized carbons (Fsp3) is 0.540. The number of carbonyl (C=O) groups excluding carboxylic acids is 4. The van der Waals surface area contributed by atoms with Gasteiger partial charge in [-0.2, -0.15) is 5.10 Å². The van der Waals surface area contributed by atoms with Gasteiger partial charge in [-0.25, -0.2) is 13.6 Å². The Bertz CT molecular complexity index is 2730. The number of nitrogens with one attached hydrogen (secondary N) is 4. The van der Waals surface area contributed by atoms with Gasteiger partial charge in [0.1, 0.15) is 11.9 Å². The number of aromatic nitrogens is 4. The molecule has 1 unspecified atom stereocenters. The number of hydrogen-bond acceptors (Lipinski definition) is 10. The topological polar surface area (TPSA) is 186 Å². The van der Waals surface area contributed by atoms with Crippen LogP contribution in [0.15, 0.2) is 58.8 Å². The van der Waals surface area contributed by atoms with Gasteiger partial charge in [-0.05, 0) is 118 Å². The van der Waals surface area contributed by atoms with Gasteiger partial charge in [0.2, 0.25) is 23.6 Å². The lowest BCUT2D eigenvalue weighted by Gasteiger charge is -2.39. The zero-order valence-electron chi connectivity index (χ0n) is 39.9. The highest BCUT2D eigenvalue weighted by Crippen LogP contribution is 2.40. The van der Waals surface area contributed by atoms with Crippen LogP contribution in [0.3, 0.4) is 0 Å². The zero-order valence-corrected chi connectivity index (χ0v) is 39.9. The second-order valence-corrected chi connectivity index (χ2v) is 19.5. The van der Waals surface area contributed by atoms with E-state index in [-0.39, 0.29) is 53.8 Å². The molecule has 368 valence electrons. The number of amidine groups is 1. The third kappa shape index (κ3) is 10.2. The van der Waals surface area contributed by atoms with E-state index in [1.54, 1.807) is 40.6 Å². The summed E-state index contributed by atoms with van der Waals surface area (Å²) in [7, 11) is 3.45. The summed E-state index contributed by atoms with van der Waals surface area (Å²) in [5.41, 5.74) is 6.10. The monoisotopic (exact) mass is 951 g/mol. The maximum atomic E-state index is 14.6. The van der Waals surface area contributed by atoms with Crippen molar-refractivity contribution in [3.8, 4) is 11.1 Å². The molecule has 4 aromatic rings. The molecule has 2 aromatic carbocycles. The van der Waals surface area contributed by atoms with Gasteiger partial charge in [0, 0.05) is 119 Å². The van der Waals surface area contributed by atoms with Crippen LogP contribution in [-0.2, 0) is 39.7 Å². The third-order valence-electron chi connectivity index (χ3n) is 15.0. The number of alkyl halides is 2. The highest BCUT2D eigenvalue weighted by molar-refractivity contribution is 6.09. The summed E-state index contributed by atoms with van der Waals surface area (Å²) < 4.78 is 33.9. The molecular weight excluding hydrogens is 887 g/mol. The van der Waals surface area contributed by atoms with Crippen LogP contribution in [0.25, 0.3) is 22.2 Å². The second kappa shape index (κ2) is 20.3. The Hall–Kier alpha value is -6.37. The molecule has 5 aliphatic rings. The largest absolute Gasteiger partial charge is 0.385 e. The van der Waals surface area contributed by atoms with E-state index >= 15 is 0 Å². The number of anilines is 2. The average Bonchev–Trinajstić information content (AvgIpc) is 3.89. The molecule has 4 N–H and O–H groups in total. The van der Waals surface area contributed by atoms with Crippen molar-refractivity contribution in [1.82, 2.24) is 44.2 Å². The number of carbonyl (C=O) groups is 4. The van der Waals surface area contributed by atoms with Crippen LogP contribution >= 0.6 is 0 Å². The maximum Gasteiger partial charge on any atom is 0.329 e. The summed E-state index contributed by atoms with van der Waals surface area (Å²) >= 11 is 0. The van der Waals surface area contributed by atoms with Gasteiger partial charge in [0.05, 0.1) is 23.8 Å². The van der Waals surface area contributed by atoms with Crippen molar-refractivity contribution in [2.45, 2.75) is 96.1 Å². The van der Waals surface area contributed by atoms with Crippen LogP contribution in [0.4, 0.5) is 20.2 Å². The standard InChI is InChI=1S/C50H64F2N12O5/c1-31(65)62-23-16-40(39(30-62)48(53)63-18-4-6-33-24-37(34-28-55-58(2)29-34)38(47(51)52)26-43(33)63)56-35-14-21-61(22-15-35)46(67)7-5-17-60-19-12-32(13-20-60)27-54-36-8-9-41-44(25-36)59(3)50(69)64(41)42-10-11-45(66)57-49(42)68/h8-9,24-26,28-29,32,35,42,47,53-54,56H,4-7,10-23,27,30H2,1-3H3,(H,57,66,68). The second-order valence-electron chi connectivity index (χ2n) is 19.5. The summed E-state index contributed by atoms with van der Waals surface area (Å²) in [6, 6.07) is 8.49. The molecule has 17 nitrogen and oxygen atoms in total. The van der Waals surface area contributed by atoms with E-state index in [9.17, 15) is 38.2 Å². The van der Waals surface area contributed by atoms with Crippen LogP contribution in [0, 0.1) is 11.3 Å². The Labute approximate surface area is 400 Å². The molecule has 0 bridgehead atoms. The summed E-state index contributed by atoms with van der Waals surface area (Å²) in [6.45, 7) is 7.70. The van der Waals surface area contributed by atoms with Crippen LogP contribution < -0.4 is 26.5 Å². The molecule has 0 spiro atoms. The SMILES string of the molecule is CC(=O)N1CCC(NC2CCN(C(=O)CCCN3CCC(CNc4ccc5c(c4)n(C)c(=O)n5C4CCC(=O)NC4=O)CC3)CC2)=C(C(=N)N2CCCc3cc(-c4cnn(C)c4)c(C(F)F)cc32)C1. The quantitative estimate of drug-likeness (QED) is 0.0801. The minimum absolute atomic E-state index is 0.0750. The van der Waals surface area contributed by atoms with E-state index < -0.39 is 18.4 Å². The number of piperidine rings is 3. The molecule has 2 aromatic heterocycles. The lowest BCUT2D eigenvalue weighted by molar-refractivity contribution is -0.136. The minimum Gasteiger partial charge on any atom is -0.385 e. The number of amides is 4. The Balaban J connectivity index is 0.741. The Kier molecular flexibility index (Phi) is 14.0. The number of likely N-dealkylation sites (tertiary alicyclic amines) is 2. The normalized spacial score (nSPS) is 19.9. The maximum absolute atomic E-state index is 14.6. The Morgan fingerprint density at radius 1 is 0.913 bits per heavy atom. The fourth-order valence-electron chi connectivity index (χ4n) is 11.0. The first kappa shape index (κ1) is 47.7. The zero-order chi connectivity index (χ0) is 48.5. The summed E-state index contributed by atoms with van der Waals surface area (Å²) in [4.78, 5) is 71.5. The number of imidazole rings is 1. The molecule has 0 saturated carbocycles. The van der Waals surface area contributed by atoms with E-state index in [0.29, 0.717) is 85.7 Å². The number of imide groups is 1. The highest BCUT2D eigenvalue weighted by Gasteiger charge is 2.34. The first-order chi connectivity index (χ1) is 33.2. The van der Waals surface area contributed by atoms with Crippen LogP contribution in [0.1, 0.15) is 94.7 Å². The van der Waals surface area contributed by atoms with E-state index in [4.69, 9.17) is 0 Å². The number of halogens is 2. The smallest absolute Gasteiger partial charge is 0.329 e. The Morgan fingerprint density at radius 2 is 1.70 bits per heavy atom. The van der Waals surface area contributed by atoms with Gasteiger partial charge in [-0.1, -0.05) is 0 Å². The molecule has 7 heterocycles. The van der Waals surface area contributed by atoms with Gasteiger partial charge in [-0.3, -0.25) is 43.7 Å². The minimum atomic E-state index is -2.71. The molecule has 9 rings (SSSR count). The number of fused-ring (bicyclic) bond motifs is 2. The van der Waals surface area contributed by atoms with Crippen molar-refractivity contribution in [3.05, 3.63) is 75.6 Å². The molecule has 3 fully saturated rings. The first-order valence-corrected chi connectivity index (χ1v) is 24.6. The van der Waals surface area contributed by atoms with Gasteiger partial charge in [0.15, 0.2) is 0 Å². The van der Waals surface area contributed by atoms with Gasteiger partial charge < -0.3 is 30.2 Å². The first-order valence-electron chi connectivity index (χ1n) is 24.6. The number of aryl methyl sites for hydroxylation is 3. The number of hydrogen-bond donors (Lipinski definition) is 4. The lowest BCUT2D eigenvalue weighted by atomic mass is 9.92. The van der Waals surface area contributed by atoms with Gasteiger partial charge in [0.25, 0.3) is 6.43 Å². The van der Waals surface area contributed by atoms with E-state index in [2.05, 4.69) is 25.9 Å². The molecule has 0 aliphatic carbocycles. The van der Waals surface area contributed by atoms with Crippen molar-refractivity contribution in [1.29, 1.82) is 5.41 Å². The van der Waals surface area contributed by atoms with Crippen molar-refractivity contribution in [3.63, 3.8) is 0 Å². The summed E-state index contributed by atoms with van der Waals surface area (Å²) in [6.07, 6.45) is 8.01. The number of nitrogens with zero attached hydrogens (tertiary/aromatic N) is 8. The van der Waals surface area contributed by atoms with Gasteiger partial charge in [-0.15, -0.1) is 0 Å². The van der Waals surface area contributed by atoms with E-state index in [0.717, 1.165) is 87.2 Å². The summed E-state index contributed by atoms with van der Waals surface area (Å²) in [5.74, 6) is 0.0363. The molecule has 4 amide bonds. The van der Waals surface area contributed by atoms with Gasteiger partial charge >= 0.3 is 5.69 Å². The fourth-order valence-corrected chi connectivity index (χ4v) is 11.0. The predicted molar refractivity (Wildman–Crippen MR) is 259 cm³/mol. The van der Waals surface area contributed by atoms with Crippen LogP contribution in [-0.4, -0.2) is 128 Å². The highest BCUT2D eigenvalue weighted by atomic mass is 19.3. The van der Waals surface area contributed by atoms with E-state index in [1.165, 1.54) is 17.6 Å². The van der Waals surface area contributed by atoms with Crippen molar-refractivity contribution < 1.29 is 28.0 Å². The lowest BCUT2D eigenvalue weighted by Crippen LogP contribution is -2.48. The molecule has 3 saturated heterocycles. The molecule has 19 heteroatoms. The summed E-state index contributed by atoms with van der Waals surface area (Å²) in [5, 5.41) is 23.4. The van der Waals surface area contributed by atoms with E-state index in [1.807, 2.05) is 34.1 Å². The molecular formula is C50H64F2N12O5.